The molecule has 4 rings (SSSR count). The van der Waals surface area contributed by atoms with Gasteiger partial charge in [0.05, 0.1) is 19.9 Å². The first-order valence-corrected chi connectivity index (χ1v) is 11.6. The molecular weight excluding hydrogens is 533 g/mol. The van der Waals surface area contributed by atoms with Gasteiger partial charge in [0.2, 0.25) is 0 Å². The Hall–Kier alpha value is -5.04. The van der Waals surface area contributed by atoms with E-state index < -0.39 is 18.0 Å². The highest BCUT2D eigenvalue weighted by Gasteiger charge is 2.33. The number of alkyl halides is 3. The molecule has 2 heterocycles. The average Bonchev–Trinajstić information content (AvgIpc) is 3.43. The summed E-state index contributed by atoms with van der Waals surface area (Å²) in [5, 5.41) is 3.31. The Morgan fingerprint density at radius 3 is 2.42 bits per heavy atom. The molecular formula is C27H23F3N4O6. The molecule has 2 N–H and O–H groups in total. The standard InChI is InChI=1S/C27H23F3N4O6/c1-31-25(35)21-14-20(9-10-32-21)39-19-6-4-5-16(11-19)17-12-22(33-15-17)26(36)34(38-3)18-7-8-23(37-2)24(13-18)40-27(28,29)30/h4-15,33H,1-3H3,(H,31,35). The van der Waals surface area contributed by atoms with E-state index in [4.69, 9.17) is 14.3 Å². The third-order valence-corrected chi connectivity index (χ3v) is 5.48. The van der Waals surface area contributed by atoms with Crippen molar-refractivity contribution in [2.75, 3.05) is 26.3 Å². The molecule has 0 saturated heterocycles. The summed E-state index contributed by atoms with van der Waals surface area (Å²) in [5.74, 6) is -0.974. The molecule has 2 aromatic carbocycles. The number of rotatable bonds is 9. The summed E-state index contributed by atoms with van der Waals surface area (Å²) in [6.45, 7) is 0. The van der Waals surface area contributed by atoms with E-state index in [1.807, 2.05) is 0 Å². The summed E-state index contributed by atoms with van der Waals surface area (Å²) in [5.41, 5.74) is 1.60. The minimum Gasteiger partial charge on any atom is -0.493 e. The number of hydrogen-bond acceptors (Lipinski definition) is 7. The van der Waals surface area contributed by atoms with Crippen LogP contribution in [-0.4, -0.2) is 49.4 Å². The van der Waals surface area contributed by atoms with Crippen LogP contribution in [0, 0.1) is 0 Å². The van der Waals surface area contributed by atoms with Crippen molar-refractivity contribution in [2.24, 2.45) is 0 Å². The molecule has 2 amide bonds. The van der Waals surface area contributed by atoms with Crippen LogP contribution in [0.3, 0.4) is 0 Å². The molecule has 0 aliphatic carbocycles. The van der Waals surface area contributed by atoms with Crippen molar-refractivity contribution < 1.29 is 41.8 Å². The molecule has 0 saturated carbocycles. The Kier molecular flexibility index (Phi) is 8.24. The molecule has 0 spiro atoms. The molecule has 0 bridgehead atoms. The van der Waals surface area contributed by atoms with E-state index in [2.05, 4.69) is 20.0 Å². The molecule has 2 aromatic heterocycles. The molecule has 4 aromatic rings. The fraction of sp³-hybridized carbons (Fsp3) is 0.148. The third-order valence-electron chi connectivity index (χ3n) is 5.48. The molecule has 0 atom stereocenters. The van der Waals surface area contributed by atoms with Crippen molar-refractivity contribution in [2.45, 2.75) is 6.36 Å². The zero-order valence-corrected chi connectivity index (χ0v) is 21.4. The van der Waals surface area contributed by atoms with Crippen molar-refractivity contribution in [3.63, 3.8) is 0 Å². The van der Waals surface area contributed by atoms with E-state index >= 15 is 0 Å². The minimum absolute atomic E-state index is 0.0208. The fourth-order valence-corrected chi connectivity index (χ4v) is 3.70. The zero-order valence-electron chi connectivity index (χ0n) is 21.4. The summed E-state index contributed by atoms with van der Waals surface area (Å²) in [4.78, 5) is 37.1. The van der Waals surface area contributed by atoms with E-state index in [-0.39, 0.29) is 28.7 Å². The second kappa shape index (κ2) is 11.8. The van der Waals surface area contributed by atoms with Gasteiger partial charge >= 0.3 is 6.36 Å². The van der Waals surface area contributed by atoms with Gasteiger partial charge in [0.15, 0.2) is 11.5 Å². The van der Waals surface area contributed by atoms with E-state index in [9.17, 15) is 22.8 Å². The molecule has 0 fully saturated rings. The number of ether oxygens (including phenoxy) is 3. The maximum absolute atomic E-state index is 13.2. The number of H-pyrrole nitrogens is 1. The van der Waals surface area contributed by atoms with Crippen LogP contribution < -0.4 is 24.6 Å². The number of pyridine rings is 1. The van der Waals surface area contributed by atoms with E-state index in [1.165, 1.54) is 45.7 Å². The molecule has 0 aliphatic rings. The second-order valence-corrected chi connectivity index (χ2v) is 8.05. The minimum atomic E-state index is -4.97. The van der Waals surface area contributed by atoms with Crippen LogP contribution in [0.25, 0.3) is 11.1 Å². The van der Waals surface area contributed by atoms with Gasteiger partial charge < -0.3 is 24.5 Å². The quantitative estimate of drug-likeness (QED) is 0.267. The number of anilines is 1. The summed E-state index contributed by atoms with van der Waals surface area (Å²) in [6, 6.07) is 15.2. The third kappa shape index (κ3) is 6.50. The number of hydroxylamine groups is 1. The fourth-order valence-electron chi connectivity index (χ4n) is 3.70. The highest BCUT2D eigenvalue weighted by molar-refractivity contribution is 6.04. The van der Waals surface area contributed by atoms with Crippen LogP contribution >= 0.6 is 0 Å². The SMILES string of the molecule is CNC(=O)c1cc(Oc2cccc(-c3c[nH]c(C(=O)N(OC)c4ccc(OC)c(OC(F)(F)F)c4)c3)c2)ccn1. The number of methoxy groups -OCH3 is 1. The Morgan fingerprint density at radius 2 is 1.73 bits per heavy atom. The first-order valence-electron chi connectivity index (χ1n) is 11.6. The Bertz CT molecular complexity index is 1520. The number of aromatic nitrogens is 2. The Labute approximate surface area is 226 Å². The van der Waals surface area contributed by atoms with Gasteiger partial charge in [-0.15, -0.1) is 13.2 Å². The second-order valence-electron chi connectivity index (χ2n) is 8.05. The summed E-state index contributed by atoms with van der Waals surface area (Å²) < 4.78 is 53.4. The maximum atomic E-state index is 13.2. The molecule has 10 nitrogen and oxygen atoms in total. The van der Waals surface area contributed by atoms with Crippen LogP contribution in [0.2, 0.25) is 0 Å². The normalized spacial score (nSPS) is 11.1. The number of carbonyl (C=O) groups excluding carboxylic acids is 2. The van der Waals surface area contributed by atoms with Gasteiger partial charge in [-0.25, -0.2) is 0 Å². The van der Waals surface area contributed by atoms with Crippen LogP contribution in [0.15, 0.2) is 73.1 Å². The predicted octanol–water partition coefficient (Wildman–Crippen LogP) is 5.34. The molecule has 40 heavy (non-hydrogen) atoms. The lowest BCUT2D eigenvalue weighted by Crippen LogP contribution is -2.30. The summed E-state index contributed by atoms with van der Waals surface area (Å²) in [7, 11) is 3.89. The lowest BCUT2D eigenvalue weighted by molar-refractivity contribution is -0.275. The first-order chi connectivity index (χ1) is 19.1. The van der Waals surface area contributed by atoms with Gasteiger partial charge in [-0.1, -0.05) is 12.1 Å². The number of nitrogens with zero attached hydrogens (tertiary/aromatic N) is 2. The number of amides is 2. The average molecular weight is 556 g/mol. The number of halogens is 3. The Morgan fingerprint density at radius 1 is 0.950 bits per heavy atom. The van der Waals surface area contributed by atoms with Gasteiger partial charge in [-0.05, 0) is 42.0 Å². The molecule has 0 unspecified atom stereocenters. The summed E-state index contributed by atoms with van der Waals surface area (Å²) in [6.07, 6.45) is -1.93. The number of carbonyl (C=O) groups is 2. The molecule has 0 aliphatic heterocycles. The van der Waals surface area contributed by atoms with E-state index in [0.717, 1.165) is 11.1 Å². The van der Waals surface area contributed by atoms with Crippen LogP contribution in [0.4, 0.5) is 18.9 Å². The van der Waals surface area contributed by atoms with Gasteiger partial charge in [-0.3, -0.25) is 19.4 Å². The molecule has 13 heteroatoms. The lowest BCUT2D eigenvalue weighted by atomic mass is 10.1. The first kappa shape index (κ1) is 28.0. The highest BCUT2D eigenvalue weighted by atomic mass is 19.4. The van der Waals surface area contributed by atoms with Gasteiger partial charge in [-0.2, -0.15) is 5.06 Å². The number of nitrogens with one attached hydrogen (secondary N) is 2. The number of aromatic amines is 1. The number of benzene rings is 2. The zero-order chi connectivity index (χ0) is 28.9. The smallest absolute Gasteiger partial charge is 0.493 e. The van der Waals surface area contributed by atoms with Gasteiger partial charge in [0, 0.05) is 37.1 Å². The lowest BCUT2D eigenvalue weighted by Gasteiger charge is -2.21. The summed E-state index contributed by atoms with van der Waals surface area (Å²) >= 11 is 0. The van der Waals surface area contributed by atoms with Crippen molar-refractivity contribution >= 4 is 17.5 Å². The monoisotopic (exact) mass is 556 g/mol. The Balaban J connectivity index is 1.55. The highest BCUT2D eigenvalue weighted by Crippen LogP contribution is 2.36. The van der Waals surface area contributed by atoms with Gasteiger partial charge in [0.1, 0.15) is 22.9 Å². The topological polar surface area (TPSA) is 115 Å². The maximum Gasteiger partial charge on any atom is 0.573 e. The predicted molar refractivity (Wildman–Crippen MR) is 137 cm³/mol. The van der Waals surface area contributed by atoms with Crippen LogP contribution in [0.5, 0.6) is 23.0 Å². The number of hydrogen-bond donors (Lipinski definition) is 2. The van der Waals surface area contributed by atoms with Crippen molar-refractivity contribution in [1.29, 1.82) is 0 Å². The van der Waals surface area contributed by atoms with Crippen LogP contribution in [0.1, 0.15) is 21.0 Å². The van der Waals surface area contributed by atoms with Crippen molar-refractivity contribution in [3.05, 3.63) is 84.4 Å². The molecule has 208 valence electrons. The van der Waals surface area contributed by atoms with Gasteiger partial charge in [0.25, 0.3) is 11.8 Å². The van der Waals surface area contributed by atoms with Crippen LogP contribution in [-0.2, 0) is 4.84 Å². The van der Waals surface area contributed by atoms with E-state index in [0.29, 0.717) is 22.6 Å². The van der Waals surface area contributed by atoms with E-state index in [1.54, 1.807) is 42.6 Å². The van der Waals surface area contributed by atoms with Crippen molar-refractivity contribution in [1.82, 2.24) is 15.3 Å². The molecule has 0 radical (unpaired) electrons. The van der Waals surface area contributed by atoms with Crippen molar-refractivity contribution in [3.8, 4) is 34.1 Å². The largest absolute Gasteiger partial charge is 0.573 e.